The van der Waals surface area contributed by atoms with Crippen LogP contribution in [0.25, 0.3) is 0 Å². The van der Waals surface area contributed by atoms with Crippen molar-refractivity contribution in [2.75, 3.05) is 10.6 Å². The molecule has 3 N–H and O–H groups in total. The zero-order chi connectivity index (χ0) is 13.0. The highest BCUT2D eigenvalue weighted by Gasteiger charge is 2.02. The lowest BCUT2D eigenvalue weighted by Crippen LogP contribution is -2.19. The molecular formula is C13H11BrN2O2. The summed E-state index contributed by atoms with van der Waals surface area (Å²) in [6.07, 6.45) is 0. The molecule has 2 rings (SSSR count). The molecule has 2 aromatic rings. The van der Waals surface area contributed by atoms with E-state index in [9.17, 15) is 4.79 Å². The van der Waals surface area contributed by atoms with E-state index in [2.05, 4.69) is 26.6 Å². The Bertz CT molecular complexity index is 488. The first-order chi connectivity index (χ1) is 8.63. The number of anilines is 2. The van der Waals surface area contributed by atoms with Gasteiger partial charge >= 0.3 is 6.03 Å². The van der Waals surface area contributed by atoms with Gasteiger partial charge in [-0.15, -0.1) is 0 Å². The molecule has 4 nitrogen and oxygen atoms in total. The minimum absolute atomic E-state index is 0.161. The number of phenols is 1. The molecule has 0 aromatic heterocycles. The first kappa shape index (κ1) is 12.4. The fraction of sp³-hybridized carbons (Fsp3) is 0. The van der Waals surface area contributed by atoms with E-state index in [4.69, 9.17) is 5.11 Å². The van der Waals surface area contributed by atoms with Crippen LogP contribution in [0.1, 0.15) is 0 Å². The van der Waals surface area contributed by atoms with Crippen molar-refractivity contribution in [1.82, 2.24) is 0 Å². The van der Waals surface area contributed by atoms with E-state index in [0.29, 0.717) is 11.4 Å². The van der Waals surface area contributed by atoms with Crippen LogP contribution >= 0.6 is 15.9 Å². The average Bonchev–Trinajstić information content (AvgIpc) is 2.35. The third-order valence-electron chi connectivity index (χ3n) is 2.23. The highest BCUT2D eigenvalue weighted by Crippen LogP contribution is 2.16. The Labute approximate surface area is 113 Å². The standard InChI is InChI=1S/C13H11BrN2O2/c14-9-1-3-10(4-2-9)15-13(18)16-11-5-7-12(17)8-6-11/h1-8,17H,(H2,15,16,18). The molecule has 5 heteroatoms. The fourth-order valence-electron chi connectivity index (χ4n) is 1.37. The van der Waals surface area contributed by atoms with Crippen LogP contribution in [0, 0.1) is 0 Å². The molecule has 0 bridgehead atoms. The number of carbonyl (C=O) groups is 1. The van der Waals surface area contributed by atoms with Gasteiger partial charge in [0.05, 0.1) is 0 Å². The molecule has 0 saturated carbocycles. The fourth-order valence-corrected chi connectivity index (χ4v) is 1.64. The van der Waals surface area contributed by atoms with E-state index < -0.39 is 0 Å². The summed E-state index contributed by atoms with van der Waals surface area (Å²) < 4.78 is 0.951. The number of carbonyl (C=O) groups excluding carboxylic acids is 1. The van der Waals surface area contributed by atoms with Gasteiger partial charge in [-0.2, -0.15) is 0 Å². The molecule has 18 heavy (non-hydrogen) atoms. The maximum Gasteiger partial charge on any atom is 0.323 e. The van der Waals surface area contributed by atoms with E-state index in [0.717, 1.165) is 4.47 Å². The molecule has 0 aliphatic heterocycles. The second-order valence-corrected chi connectivity index (χ2v) is 4.55. The molecule has 0 saturated heterocycles. The van der Waals surface area contributed by atoms with Gasteiger partial charge in [0.25, 0.3) is 0 Å². The number of urea groups is 1. The van der Waals surface area contributed by atoms with E-state index in [1.807, 2.05) is 12.1 Å². The number of halogens is 1. The topological polar surface area (TPSA) is 61.4 Å². The summed E-state index contributed by atoms with van der Waals surface area (Å²) in [6, 6.07) is 13.2. The van der Waals surface area contributed by atoms with Crippen molar-refractivity contribution in [3.8, 4) is 5.75 Å². The van der Waals surface area contributed by atoms with Crippen LogP contribution in [0.15, 0.2) is 53.0 Å². The second-order valence-electron chi connectivity index (χ2n) is 3.63. The predicted molar refractivity (Wildman–Crippen MR) is 74.9 cm³/mol. The van der Waals surface area contributed by atoms with Crippen LogP contribution in [-0.4, -0.2) is 11.1 Å². The molecule has 0 fully saturated rings. The summed E-state index contributed by atoms with van der Waals surface area (Å²) in [7, 11) is 0. The van der Waals surface area contributed by atoms with Crippen molar-refractivity contribution in [2.24, 2.45) is 0 Å². The van der Waals surface area contributed by atoms with Crippen LogP contribution in [0.2, 0.25) is 0 Å². The Kier molecular flexibility index (Phi) is 3.84. The highest BCUT2D eigenvalue weighted by atomic mass is 79.9. The molecule has 0 radical (unpaired) electrons. The molecular weight excluding hydrogens is 296 g/mol. The van der Waals surface area contributed by atoms with E-state index in [1.54, 1.807) is 24.3 Å². The molecule has 0 aliphatic carbocycles. The third kappa shape index (κ3) is 3.49. The number of amides is 2. The summed E-state index contributed by atoms with van der Waals surface area (Å²) in [6.45, 7) is 0. The highest BCUT2D eigenvalue weighted by molar-refractivity contribution is 9.10. The van der Waals surface area contributed by atoms with Crippen molar-refractivity contribution in [3.05, 3.63) is 53.0 Å². The minimum Gasteiger partial charge on any atom is -0.508 e. The first-order valence-corrected chi connectivity index (χ1v) is 6.05. The van der Waals surface area contributed by atoms with Gasteiger partial charge in [-0.1, -0.05) is 15.9 Å². The van der Waals surface area contributed by atoms with Gasteiger partial charge in [0.2, 0.25) is 0 Å². The first-order valence-electron chi connectivity index (χ1n) is 5.26. The number of hydrogen-bond acceptors (Lipinski definition) is 2. The lowest BCUT2D eigenvalue weighted by molar-refractivity contribution is 0.262. The second kappa shape index (κ2) is 5.55. The largest absolute Gasteiger partial charge is 0.508 e. The summed E-state index contributed by atoms with van der Waals surface area (Å²) in [5, 5.41) is 14.5. The normalized spacial score (nSPS) is 9.83. The number of nitrogens with one attached hydrogen (secondary N) is 2. The Balaban J connectivity index is 1.96. The molecule has 0 aliphatic rings. The van der Waals surface area contributed by atoms with Crippen molar-refractivity contribution < 1.29 is 9.90 Å². The Morgan fingerprint density at radius 3 is 1.83 bits per heavy atom. The number of benzene rings is 2. The van der Waals surface area contributed by atoms with Gasteiger partial charge in [0.1, 0.15) is 5.75 Å². The molecule has 2 aromatic carbocycles. The zero-order valence-corrected chi connectivity index (χ0v) is 10.9. The van der Waals surface area contributed by atoms with Crippen molar-refractivity contribution in [2.45, 2.75) is 0 Å². The van der Waals surface area contributed by atoms with Crippen LogP contribution in [0.5, 0.6) is 5.75 Å². The number of aromatic hydroxyl groups is 1. The average molecular weight is 307 g/mol. The van der Waals surface area contributed by atoms with E-state index >= 15 is 0 Å². The third-order valence-corrected chi connectivity index (χ3v) is 2.76. The monoisotopic (exact) mass is 306 g/mol. The summed E-state index contributed by atoms with van der Waals surface area (Å²) >= 11 is 3.32. The van der Waals surface area contributed by atoms with Crippen LogP contribution in [-0.2, 0) is 0 Å². The SMILES string of the molecule is O=C(Nc1ccc(O)cc1)Nc1ccc(Br)cc1. The Morgan fingerprint density at radius 2 is 1.33 bits per heavy atom. The van der Waals surface area contributed by atoms with Gasteiger partial charge < -0.3 is 15.7 Å². The van der Waals surface area contributed by atoms with E-state index in [-0.39, 0.29) is 11.8 Å². The lowest BCUT2D eigenvalue weighted by atomic mass is 10.3. The summed E-state index contributed by atoms with van der Waals surface area (Å²) in [5.74, 6) is 0.161. The Hall–Kier alpha value is -2.01. The quantitative estimate of drug-likeness (QED) is 0.739. The minimum atomic E-state index is -0.331. The van der Waals surface area contributed by atoms with Gasteiger partial charge in [-0.05, 0) is 48.5 Å². The smallest absolute Gasteiger partial charge is 0.323 e. The maximum atomic E-state index is 11.7. The van der Waals surface area contributed by atoms with Gasteiger partial charge in [0.15, 0.2) is 0 Å². The molecule has 2 amide bonds. The zero-order valence-electron chi connectivity index (χ0n) is 9.35. The molecule has 0 spiro atoms. The maximum absolute atomic E-state index is 11.7. The van der Waals surface area contributed by atoms with Crippen LogP contribution in [0.3, 0.4) is 0 Å². The van der Waals surface area contributed by atoms with Crippen molar-refractivity contribution >= 4 is 33.3 Å². The molecule has 0 atom stereocenters. The van der Waals surface area contributed by atoms with Gasteiger partial charge in [-0.3, -0.25) is 0 Å². The predicted octanol–water partition coefficient (Wildman–Crippen LogP) is 3.80. The number of hydrogen-bond donors (Lipinski definition) is 3. The number of rotatable bonds is 2. The van der Waals surface area contributed by atoms with Crippen molar-refractivity contribution in [1.29, 1.82) is 0 Å². The van der Waals surface area contributed by atoms with Gasteiger partial charge in [0, 0.05) is 15.8 Å². The summed E-state index contributed by atoms with van der Waals surface area (Å²) in [4.78, 5) is 11.7. The molecule has 0 heterocycles. The summed E-state index contributed by atoms with van der Waals surface area (Å²) in [5.41, 5.74) is 1.32. The van der Waals surface area contributed by atoms with Gasteiger partial charge in [-0.25, -0.2) is 4.79 Å². The number of phenolic OH excluding ortho intramolecular Hbond substituents is 1. The molecule has 0 unspecified atom stereocenters. The van der Waals surface area contributed by atoms with Crippen molar-refractivity contribution in [3.63, 3.8) is 0 Å². The molecule has 92 valence electrons. The van der Waals surface area contributed by atoms with E-state index in [1.165, 1.54) is 12.1 Å². The lowest BCUT2D eigenvalue weighted by Gasteiger charge is -2.07. The Morgan fingerprint density at radius 1 is 0.889 bits per heavy atom. The van der Waals surface area contributed by atoms with Crippen LogP contribution in [0.4, 0.5) is 16.2 Å². The van der Waals surface area contributed by atoms with Crippen LogP contribution < -0.4 is 10.6 Å².